The van der Waals surface area contributed by atoms with E-state index in [0.717, 1.165) is 35.0 Å². The molecule has 132 valence electrons. The Balaban J connectivity index is 1.82. The summed E-state index contributed by atoms with van der Waals surface area (Å²) >= 11 is 0. The molecule has 2 rings (SSSR count). The Morgan fingerprint density at radius 2 is 2.08 bits per heavy atom. The number of urea groups is 1. The second kappa shape index (κ2) is 7.51. The van der Waals surface area contributed by atoms with E-state index in [1.807, 2.05) is 32.4 Å². The van der Waals surface area contributed by atoms with E-state index in [4.69, 9.17) is 4.52 Å². The molecule has 2 amide bonds. The zero-order chi connectivity index (χ0) is 17.9. The monoisotopic (exact) mass is 333 g/mol. The zero-order valence-corrected chi connectivity index (χ0v) is 15.4. The van der Waals surface area contributed by atoms with Gasteiger partial charge in [0.1, 0.15) is 5.76 Å². The molecule has 2 aromatic rings. The highest BCUT2D eigenvalue weighted by Crippen LogP contribution is 2.14. The maximum atomic E-state index is 12.3. The van der Waals surface area contributed by atoms with Gasteiger partial charge in [-0.1, -0.05) is 12.1 Å². The van der Waals surface area contributed by atoms with Crippen molar-refractivity contribution in [1.82, 2.24) is 25.2 Å². The molecule has 0 spiro atoms. The fourth-order valence-corrected chi connectivity index (χ4v) is 2.65. The molecule has 1 N–H and O–H groups in total. The summed E-state index contributed by atoms with van der Waals surface area (Å²) in [4.78, 5) is 13.9. The van der Waals surface area contributed by atoms with E-state index >= 15 is 0 Å². The van der Waals surface area contributed by atoms with Crippen LogP contribution in [0, 0.1) is 33.6 Å². The van der Waals surface area contributed by atoms with Gasteiger partial charge in [0.25, 0.3) is 0 Å². The van der Waals surface area contributed by atoms with Gasteiger partial charge in [0.05, 0.1) is 17.9 Å². The number of carbonyl (C=O) groups excluding carboxylic acids is 1. The van der Waals surface area contributed by atoms with Gasteiger partial charge in [0.15, 0.2) is 0 Å². The minimum atomic E-state index is -0.102. The van der Waals surface area contributed by atoms with Crippen LogP contribution in [0.1, 0.15) is 35.3 Å². The lowest BCUT2D eigenvalue weighted by molar-refractivity contribution is 0.204. The molecule has 0 saturated heterocycles. The summed E-state index contributed by atoms with van der Waals surface area (Å²) in [5.41, 5.74) is 3.94. The van der Waals surface area contributed by atoms with Gasteiger partial charge >= 0.3 is 6.03 Å². The first-order valence-corrected chi connectivity index (χ1v) is 8.19. The van der Waals surface area contributed by atoms with E-state index in [9.17, 15) is 4.79 Å². The number of hydrogen-bond donors (Lipinski definition) is 1. The van der Waals surface area contributed by atoms with Crippen LogP contribution in [0.3, 0.4) is 0 Å². The Labute approximate surface area is 143 Å². The van der Waals surface area contributed by atoms with Crippen LogP contribution < -0.4 is 5.32 Å². The van der Waals surface area contributed by atoms with Crippen molar-refractivity contribution in [2.24, 2.45) is 5.92 Å². The van der Waals surface area contributed by atoms with Gasteiger partial charge < -0.3 is 14.7 Å². The van der Waals surface area contributed by atoms with Crippen molar-refractivity contribution in [3.05, 3.63) is 34.5 Å². The predicted molar refractivity (Wildman–Crippen MR) is 91.7 cm³/mol. The fraction of sp³-hybridized carbons (Fsp3) is 0.588. The van der Waals surface area contributed by atoms with Gasteiger partial charge in [0.2, 0.25) is 0 Å². The Morgan fingerprint density at radius 1 is 1.38 bits per heavy atom. The van der Waals surface area contributed by atoms with Crippen molar-refractivity contribution in [3.8, 4) is 0 Å². The van der Waals surface area contributed by atoms with E-state index in [2.05, 4.69) is 28.6 Å². The maximum absolute atomic E-state index is 12.3. The first-order chi connectivity index (χ1) is 11.3. The standard InChI is InChI=1S/C17H27N5O2/c1-11(9-22-13(3)7-12(2)19-22)8-18-17(23)21(6)10-16-14(4)20-24-15(16)5/h7,11H,8-10H2,1-6H3,(H,18,23)/t11-/m0/s1. The Hall–Kier alpha value is -2.31. The van der Waals surface area contributed by atoms with Gasteiger partial charge in [-0.25, -0.2) is 4.79 Å². The van der Waals surface area contributed by atoms with Crippen LogP contribution in [0.15, 0.2) is 10.6 Å². The van der Waals surface area contributed by atoms with E-state index in [-0.39, 0.29) is 6.03 Å². The van der Waals surface area contributed by atoms with Crippen molar-refractivity contribution >= 4 is 6.03 Å². The number of rotatable bonds is 6. The highest BCUT2D eigenvalue weighted by Gasteiger charge is 2.16. The molecule has 2 heterocycles. The van der Waals surface area contributed by atoms with Crippen molar-refractivity contribution in [3.63, 3.8) is 0 Å². The van der Waals surface area contributed by atoms with Crippen LogP contribution in [-0.2, 0) is 13.1 Å². The Morgan fingerprint density at radius 3 is 2.62 bits per heavy atom. The van der Waals surface area contributed by atoms with Crippen LogP contribution in [0.4, 0.5) is 4.79 Å². The van der Waals surface area contributed by atoms with Crippen molar-refractivity contribution in [2.45, 2.75) is 47.7 Å². The average molecular weight is 333 g/mol. The minimum Gasteiger partial charge on any atom is -0.361 e. The number of aryl methyl sites for hydroxylation is 4. The summed E-state index contributed by atoms with van der Waals surface area (Å²) in [5.74, 6) is 1.05. The third-order valence-electron chi connectivity index (χ3n) is 4.11. The molecular weight excluding hydrogens is 306 g/mol. The SMILES string of the molecule is Cc1cc(C)n(C[C@@H](C)CNC(=O)N(C)Cc2c(C)noc2C)n1. The zero-order valence-electron chi connectivity index (χ0n) is 15.4. The second-order valence-electron chi connectivity index (χ2n) is 6.56. The normalized spacial score (nSPS) is 12.2. The van der Waals surface area contributed by atoms with Gasteiger partial charge in [-0.15, -0.1) is 0 Å². The van der Waals surface area contributed by atoms with Crippen molar-refractivity contribution in [2.75, 3.05) is 13.6 Å². The molecule has 0 aromatic carbocycles. The summed E-state index contributed by atoms with van der Waals surface area (Å²) < 4.78 is 7.12. The smallest absolute Gasteiger partial charge is 0.317 e. The number of nitrogens with zero attached hydrogens (tertiary/aromatic N) is 4. The summed E-state index contributed by atoms with van der Waals surface area (Å²) in [6, 6.07) is 1.96. The maximum Gasteiger partial charge on any atom is 0.317 e. The molecule has 0 radical (unpaired) electrons. The van der Waals surface area contributed by atoms with Crippen LogP contribution in [0.2, 0.25) is 0 Å². The minimum absolute atomic E-state index is 0.102. The molecule has 0 saturated carbocycles. The lowest BCUT2D eigenvalue weighted by Crippen LogP contribution is -2.39. The molecule has 0 unspecified atom stereocenters. The number of amides is 2. The number of aromatic nitrogens is 3. The summed E-state index contributed by atoms with van der Waals surface area (Å²) in [6.45, 7) is 11.7. The number of nitrogens with one attached hydrogen (secondary N) is 1. The quantitative estimate of drug-likeness (QED) is 0.881. The predicted octanol–water partition coefficient (Wildman–Crippen LogP) is 2.58. The van der Waals surface area contributed by atoms with Gasteiger partial charge in [-0.2, -0.15) is 5.10 Å². The molecule has 7 heteroatoms. The third-order valence-corrected chi connectivity index (χ3v) is 4.11. The fourth-order valence-electron chi connectivity index (χ4n) is 2.65. The first kappa shape index (κ1) is 18.0. The molecule has 7 nitrogen and oxygen atoms in total. The molecule has 24 heavy (non-hydrogen) atoms. The van der Waals surface area contributed by atoms with E-state index in [1.165, 1.54) is 0 Å². The van der Waals surface area contributed by atoms with Crippen LogP contribution >= 0.6 is 0 Å². The Bertz CT molecular complexity index is 684. The van der Waals surface area contributed by atoms with Crippen molar-refractivity contribution < 1.29 is 9.32 Å². The number of hydrogen-bond acceptors (Lipinski definition) is 4. The summed E-state index contributed by atoms with van der Waals surface area (Å²) in [6.07, 6.45) is 0. The largest absolute Gasteiger partial charge is 0.361 e. The highest BCUT2D eigenvalue weighted by molar-refractivity contribution is 5.73. The summed E-state index contributed by atoms with van der Waals surface area (Å²) in [7, 11) is 1.77. The third kappa shape index (κ3) is 4.37. The van der Waals surface area contributed by atoms with Gasteiger partial charge in [0, 0.05) is 31.4 Å². The van der Waals surface area contributed by atoms with Crippen LogP contribution in [0.25, 0.3) is 0 Å². The molecule has 0 aliphatic heterocycles. The highest BCUT2D eigenvalue weighted by atomic mass is 16.5. The van der Waals surface area contributed by atoms with E-state index < -0.39 is 0 Å². The molecule has 0 fully saturated rings. The molecule has 1 atom stereocenters. The molecular formula is C17H27N5O2. The second-order valence-corrected chi connectivity index (χ2v) is 6.56. The van der Waals surface area contributed by atoms with Crippen molar-refractivity contribution in [1.29, 1.82) is 0 Å². The summed E-state index contributed by atoms with van der Waals surface area (Å²) in [5, 5.41) is 11.3. The lowest BCUT2D eigenvalue weighted by atomic mass is 10.2. The lowest BCUT2D eigenvalue weighted by Gasteiger charge is -2.20. The topological polar surface area (TPSA) is 76.2 Å². The van der Waals surface area contributed by atoms with E-state index in [0.29, 0.717) is 19.0 Å². The van der Waals surface area contributed by atoms with Gasteiger partial charge in [-0.05, 0) is 39.7 Å². The first-order valence-electron chi connectivity index (χ1n) is 8.19. The van der Waals surface area contributed by atoms with E-state index in [1.54, 1.807) is 11.9 Å². The number of carbonyl (C=O) groups is 1. The average Bonchev–Trinajstić information content (AvgIpc) is 3.00. The molecule has 2 aromatic heterocycles. The molecule has 0 aliphatic rings. The molecule has 0 bridgehead atoms. The van der Waals surface area contributed by atoms with Gasteiger partial charge in [-0.3, -0.25) is 4.68 Å². The molecule has 0 aliphatic carbocycles. The van der Waals surface area contributed by atoms with Crippen LogP contribution in [-0.4, -0.2) is 39.5 Å². The Kier molecular flexibility index (Phi) is 5.64. The van der Waals surface area contributed by atoms with Crippen LogP contribution in [0.5, 0.6) is 0 Å².